The molecule has 0 atom stereocenters. The van der Waals surface area contributed by atoms with Gasteiger partial charge in [0.2, 0.25) is 0 Å². The molecule has 2 aromatic carbocycles. The molecule has 160 valence electrons. The van der Waals surface area contributed by atoms with Gasteiger partial charge in [0.15, 0.2) is 0 Å². The van der Waals surface area contributed by atoms with Gasteiger partial charge in [-0.3, -0.25) is 0 Å². The molecule has 0 bridgehead atoms. The van der Waals surface area contributed by atoms with E-state index in [4.69, 9.17) is 4.98 Å². The predicted molar refractivity (Wildman–Crippen MR) is 131 cm³/mol. The molecule has 1 aliphatic rings. The summed E-state index contributed by atoms with van der Waals surface area (Å²) in [7, 11) is 0. The van der Waals surface area contributed by atoms with Crippen molar-refractivity contribution >= 4 is 45.2 Å². The molecule has 1 saturated carbocycles. The maximum absolute atomic E-state index is 13.5. The number of allylic oxidation sites excluding steroid dienone is 3. The Labute approximate surface area is 194 Å². The Kier molecular flexibility index (Phi) is 6.27. The number of halogens is 2. The van der Waals surface area contributed by atoms with Gasteiger partial charge in [-0.05, 0) is 89.9 Å². The Morgan fingerprint density at radius 2 is 1.97 bits per heavy atom. The average molecular weight is 530 g/mol. The lowest BCUT2D eigenvalue weighted by molar-refractivity contribution is 0.0697. The summed E-state index contributed by atoms with van der Waals surface area (Å²) in [6.07, 6.45) is 7.17. The van der Waals surface area contributed by atoms with Crippen LogP contribution in [0, 0.1) is 3.57 Å². The molecule has 3 aromatic rings. The highest BCUT2D eigenvalue weighted by Crippen LogP contribution is 2.37. The number of aromatic nitrogens is 2. The Hall–Kier alpha value is -2.48. The van der Waals surface area contributed by atoms with Crippen molar-refractivity contribution in [3.05, 3.63) is 69.6 Å². The lowest BCUT2D eigenvalue weighted by Gasteiger charge is -2.26. The van der Waals surface area contributed by atoms with Crippen molar-refractivity contribution in [2.75, 3.05) is 0 Å². The van der Waals surface area contributed by atoms with E-state index in [1.54, 1.807) is 12.1 Å². The molecule has 0 amide bonds. The quantitative estimate of drug-likeness (QED) is 0.276. The van der Waals surface area contributed by atoms with E-state index in [-0.39, 0.29) is 11.4 Å². The second kappa shape index (κ2) is 8.94. The summed E-state index contributed by atoms with van der Waals surface area (Å²) >= 11 is 2.23. The first kappa shape index (κ1) is 21.7. The molecule has 0 aliphatic heterocycles. The van der Waals surface area contributed by atoms with Gasteiger partial charge in [-0.1, -0.05) is 31.9 Å². The summed E-state index contributed by atoms with van der Waals surface area (Å²) < 4.78 is 16.7. The third kappa shape index (κ3) is 4.44. The number of nitrogens with zero attached hydrogens (tertiary/aromatic N) is 2. The first-order valence-electron chi connectivity index (χ1n) is 10.4. The Balaban J connectivity index is 1.91. The number of benzene rings is 2. The first-order valence-corrected chi connectivity index (χ1v) is 11.5. The smallest absolute Gasteiger partial charge is 0.335 e. The van der Waals surface area contributed by atoms with Crippen molar-refractivity contribution in [2.24, 2.45) is 0 Å². The standard InChI is InChI=1S/C25H24FIN2O2/c1-15(12-16(2)26)20-13-17(8-10-21(20)27)24-28-22-14-18(25(30)31)9-11-23(22)29(24)19-6-4-3-5-7-19/h8-14,19H,1,3-7H2,2H3,(H,30,31)/b16-12+. The van der Waals surface area contributed by atoms with Crippen molar-refractivity contribution in [3.63, 3.8) is 0 Å². The monoisotopic (exact) mass is 530 g/mol. The number of aromatic carboxylic acids is 1. The van der Waals surface area contributed by atoms with Crippen molar-refractivity contribution in [1.29, 1.82) is 0 Å². The van der Waals surface area contributed by atoms with Crippen molar-refractivity contribution in [3.8, 4) is 11.4 Å². The third-order valence-electron chi connectivity index (χ3n) is 5.82. The lowest BCUT2D eigenvalue weighted by Crippen LogP contribution is -2.14. The van der Waals surface area contributed by atoms with Gasteiger partial charge in [-0.15, -0.1) is 0 Å². The zero-order chi connectivity index (χ0) is 22.1. The molecule has 1 fully saturated rings. The Morgan fingerprint density at radius 1 is 1.23 bits per heavy atom. The fraction of sp³-hybridized carbons (Fsp3) is 0.280. The van der Waals surface area contributed by atoms with Gasteiger partial charge in [-0.2, -0.15) is 0 Å². The zero-order valence-corrected chi connectivity index (χ0v) is 19.5. The van der Waals surface area contributed by atoms with E-state index in [0.29, 0.717) is 17.1 Å². The number of carboxylic acids is 1. The van der Waals surface area contributed by atoms with E-state index >= 15 is 0 Å². The summed E-state index contributed by atoms with van der Waals surface area (Å²) in [5, 5.41) is 9.40. The van der Waals surface area contributed by atoms with Gasteiger partial charge >= 0.3 is 5.97 Å². The number of carbonyl (C=O) groups is 1. The molecule has 0 unspecified atom stereocenters. The molecule has 0 radical (unpaired) electrons. The van der Waals surface area contributed by atoms with Gasteiger partial charge in [0.05, 0.1) is 22.4 Å². The van der Waals surface area contributed by atoms with Gasteiger partial charge in [0, 0.05) is 15.2 Å². The van der Waals surface area contributed by atoms with Crippen LogP contribution in [0.25, 0.3) is 28.0 Å². The largest absolute Gasteiger partial charge is 0.478 e. The molecule has 1 aliphatic carbocycles. The molecule has 4 nitrogen and oxygen atoms in total. The normalized spacial score (nSPS) is 15.4. The highest BCUT2D eigenvalue weighted by molar-refractivity contribution is 14.1. The van der Waals surface area contributed by atoms with Crippen LogP contribution in [0.3, 0.4) is 0 Å². The van der Waals surface area contributed by atoms with Crippen molar-refractivity contribution in [2.45, 2.75) is 45.1 Å². The highest BCUT2D eigenvalue weighted by atomic mass is 127. The van der Waals surface area contributed by atoms with E-state index in [2.05, 4.69) is 33.7 Å². The zero-order valence-electron chi connectivity index (χ0n) is 17.4. The highest BCUT2D eigenvalue weighted by Gasteiger charge is 2.23. The fourth-order valence-electron chi connectivity index (χ4n) is 4.37. The van der Waals surface area contributed by atoms with Crippen LogP contribution in [0.2, 0.25) is 0 Å². The van der Waals surface area contributed by atoms with Gasteiger partial charge in [-0.25, -0.2) is 14.2 Å². The van der Waals surface area contributed by atoms with Crippen LogP contribution in [-0.2, 0) is 0 Å². The minimum Gasteiger partial charge on any atom is -0.478 e. The van der Waals surface area contributed by atoms with Crippen LogP contribution < -0.4 is 0 Å². The Morgan fingerprint density at radius 3 is 2.65 bits per heavy atom. The summed E-state index contributed by atoms with van der Waals surface area (Å²) in [6.45, 7) is 5.44. The van der Waals surface area contributed by atoms with Crippen LogP contribution in [0.5, 0.6) is 0 Å². The van der Waals surface area contributed by atoms with Gasteiger partial charge in [0.25, 0.3) is 0 Å². The van der Waals surface area contributed by atoms with Crippen LogP contribution >= 0.6 is 22.6 Å². The summed E-state index contributed by atoms with van der Waals surface area (Å²) in [5.41, 5.74) is 4.25. The van der Waals surface area contributed by atoms with Gasteiger partial charge < -0.3 is 9.67 Å². The molecule has 0 saturated heterocycles. The van der Waals surface area contributed by atoms with Crippen molar-refractivity contribution in [1.82, 2.24) is 9.55 Å². The van der Waals surface area contributed by atoms with Gasteiger partial charge in [0.1, 0.15) is 5.82 Å². The number of hydrogen-bond donors (Lipinski definition) is 1. The molecule has 1 aromatic heterocycles. The van der Waals surface area contributed by atoms with Crippen molar-refractivity contribution < 1.29 is 14.3 Å². The molecule has 4 rings (SSSR count). The van der Waals surface area contributed by atoms with Crippen LogP contribution in [0.4, 0.5) is 4.39 Å². The number of hydrogen-bond acceptors (Lipinski definition) is 2. The van der Waals surface area contributed by atoms with E-state index in [1.807, 2.05) is 24.3 Å². The second-order valence-corrected chi connectivity index (χ2v) is 9.22. The molecule has 0 spiro atoms. The minimum atomic E-state index is -0.961. The molecule has 6 heteroatoms. The topological polar surface area (TPSA) is 55.1 Å². The molecule has 31 heavy (non-hydrogen) atoms. The SMILES string of the molecule is C=C(/C=C(\C)F)c1cc(-c2nc3cc(C(=O)O)ccc3n2C2CCCCC2)ccc1I. The average Bonchev–Trinajstić information content (AvgIpc) is 3.12. The molecule has 1 heterocycles. The van der Waals surface area contributed by atoms with E-state index in [9.17, 15) is 14.3 Å². The number of rotatable bonds is 5. The first-order chi connectivity index (χ1) is 14.8. The Bertz CT molecular complexity index is 1200. The van der Waals surface area contributed by atoms with E-state index in [0.717, 1.165) is 38.9 Å². The van der Waals surface area contributed by atoms with Crippen LogP contribution in [-0.4, -0.2) is 20.6 Å². The molecule has 1 N–H and O–H groups in total. The maximum atomic E-state index is 13.5. The van der Waals surface area contributed by atoms with Crippen LogP contribution in [0.15, 0.2) is 54.9 Å². The molecular formula is C25H24FIN2O2. The maximum Gasteiger partial charge on any atom is 0.335 e. The number of imidazole rings is 1. The number of fused-ring (bicyclic) bond motifs is 1. The summed E-state index contributed by atoms with van der Waals surface area (Å²) in [4.78, 5) is 16.3. The number of carboxylic acid groups (broad SMARTS) is 1. The minimum absolute atomic E-state index is 0.229. The summed E-state index contributed by atoms with van der Waals surface area (Å²) in [6, 6.07) is 11.5. The van der Waals surface area contributed by atoms with E-state index < -0.39 is 5.97 Å². The summed E-state index contributed by atoms with van der Waals surface area (Å²) in [5.74, 6) is -0.436. The fourth-order valence-corrected chi connectivity index (χ4v) is 5.05. The third-order valence-corrected chi connectivity index (χ3v) is 6.76. The van der Waals surface area contributed by atoms with Crippen LogP contribution in [0.1, 0.15) is 61.0 Å². The van der Waals surface area contributed by atoms with E-state index in [1.165, 1.54) is 32.3 Å². The lowest BCUT2D eigenvalue weighted by atomic mass is 9.94. The molecular weight excluding hydrogens is 506 g/mol. The predicted octanol–water partition coefficient (Wildman–Crippen LogP) is 7.40. The second-order valence-electron chi connectivity index (χ2n) is 8.06.